The number of fused-ring (bicyclic) bond motifs is 1. The molecule has 2 aromatic carbocycles. The molecular weight excluding hydrogens is 477 g/mol. The molecule has 0 aliphatic carbocycles. The topological polar surface area (TPSA) is 86.8 Å². The highest BCUT2D eigenvalue weighted by molar-refractivity contribution is 6.35. The van der Waals surface area contributed by atoms with E-state index in [0.29, 0.717) is 33.3 Å². The number of carbonyl (C=O) groups is 4. The molecule has 0 spiro atoms. The van der Waals surface area contributed by atoms with Crippen molar-refractivity contribution < 1.29 is 19.2 Å². The van der Waals surface area contributed by atoms with E-state index in [1.807, 2.05) is 6.92 Å². The lowest BCUT2D eigenvalue weighted by molar-refractivity contribution is -0.140. The van der Waals surface area contributed by atoms with Gasteiger partial charge in [-0.05, 0) is 49.6 Å². The Morgan fingerprint density at radius 2 is 1.71 bits per heavy atom. The summed E-state index contributed by atoms with van der Waals surface area (Å²) in [6.45, 7) is 4.36. The Bertz CT molecular complexity index is 1070. The summed E-state index contributed by atoms with van der Waals surface area (Å²) in [4.78, 5) is 53.5. The average molecular weight is 504 g/mol. The molecule has 1 heterocycles. The van der Waals surface area contributed by atoms with Gasteiger partial charge in [0.2, 0.25) is 11.8 Å². The zero-order chi connectivity index (χ0) is 24.8. The molecule has 34 heavy (non-hydrogen) atoms. The number of carbonyl (C=O) groups excluding carboxylic acids is 4. The molecule has 1 aliphatic heterocycles. The van der Waals surface area contributed by atoms with Gasteiger partial charge in [0.15, 0.2) is 0 Å². The minimum absolute atomic E-state index is 0.0595. The van der Waals surface area contributed by atoms with Crippen molar-refractivity contribution in [3.05, 3.63) is 69.2 Å². The van der Waals surface area contributed by atoms with Crippen LogP contribution >= 0.6 is 23.2 Å². The van der Waals surface area contributed by atoms with Crippen molar-refractivity contribution in [2.24, 2.45) is 0 Å². The highest BCUT2D eigenvalue weighted by Crippen LogP contribution is 2.25. The summed E-state index contributed by atoms with van der Waals surface area (Å²) < 4.78 is 0. The average Bonchev–Trinajstić information content (AvgIpc) is 3.06. The third kappa shape index (κ3) is 5.77. The standard InChI is InChI=1S/C25H27Cl2N3O4/c1-3-12-28-23(32)16(2)30(15-17-10-11-18(26)14-21(17)27)22(31)9-6-13-29-24(33)19-7-4-5-8-20(19)25(29)34/h4-5,7-8,10-11,14,16H,3,6,9,12-13,15H2,1-2H3,(H,28,32). The van der Waals surface area contributed by atoms with Crippen LogP contribution in [0.4, 0.5) is 0 Å². The zero-order valence-electron chi connectivity index (χ0n) is 19.1. The number of amides is 4. The highest BCUT2D eigenvalue weighted by Gasteiger charge is 2.35. The van der Waals surface area contributed by atoms with E-state index in [9.17, 15) is 19.2 Å². The lowest BCUT2D eigenvalue weighted by Crippen LogP contribution is -2.48. The Kier molecular flexibility index (Phi) is 8.69. The Balaban J connectivity index is 1.69. The normalized spacial score (nSPS) is 13.6. The monoisotopic (exact) mass is 503 g/mol. The van der Waals surface area contributed by atoms with Crippen LogP contribution in [0.3, 0.4) is 0 Å². The van der Waals surface area contributed by atoms with Gasteiger partial charge in [-0.3, -0.25) is 24.1 Å². The van der Waals surface area contributed by atoms with Crippen molar-refractivity contribution in [3.63, 3.8) is 0 Å². The first kappa shape index (κ1) is 25.7. The third-order valence-electron chi connectivity index (χ3n) is 5.72. The van der Waals surface area contributed by atoms with E-state index in [2.05, 4.69) is 5.32 Å². The molecule has 1 aliphatic rings. The molecule has 0 saturated carbocycles. The number of benzene rings is 2. The van der Waals surface area contributed by atoms with Crippen LogP contribution < -0.4 is 5.32 Å². The molecule has 1 N–H and O–H groups in total. The maximum Gasteiger partial charge on any atom is 0.261 e. The summed E-state index contributed by atoms with van der Waals surface area (Å²) >= 11 is 12.3. The number of halogens is 2. The van der Waals surface area contributed by atoms with Crippen LogP contribution in [0.15, 0.2) is 42.5 Å². The maximum atomic E-state index is 13.2. The van der Waals surface area contributed by atoms with Crippen LogP contribution in [0.1, 0.15) is 59.4 Å². The number of hydrogen-bond acceptors (Lipinski definition) is 4. The molecule has 7 nitrogen and oxygen atoms in total. The predicted molar refractivity (Wildman–Crippen MR) is 131 cm³/mol. The molecule has 9 heteroatoms. The molecule has 0 aromatic heterocycles. The van der Waals surface area contributed by atoms with Crippen molar-refractivity contribution in [2.45, 2.75) is 45.7 Å². The van der Waals surface area contributed by atoms with E-state index >= 15 is 0 Å². The van der Waals surface area contributed by atoms with Crippen molar-refractivity contribution in [2.75, 3.05) is 13.1 Å². The highest BCUT2D eigenvalue weighted by atomic mass is 35.5. The lowest BCUT2D eigenvalue weighted by Gasteiger charge is -2.29. The maximum absolute atomic E-state index is 13.2. The Morgan fingerprint density at radius 3 is 2.29 bits per heavy atom. The molecule has 0 radical (unpaired) electrons. The third-order valence-corrected chi connectivity index (χ3v) is 6.31. The van der Waals surface area contributed by atoms with Crippen molar-refractivity contribution in [3.8, 4) is 0 Å². The Labute approximate surface area is 209 Å². The fraction of sp³-hybridized carbons (Fsp3) is 0.360. The number of imide groups is 1. The molecule has 2 aromatic rings. The lowest BCUT2D eigenvalue weighted by atomic mass is 10.1. The van der Waals surface area contributed by atoms with Gasteiger partial charge in [0.1, 0.15) is 6.04 Å². The van der Waals surface area contributed by atoms with Crippen LogP contribution in [0, 0.1) is 0 Å². The molecule has 0 bridgehead atoms. The molecular formula is C25H27Cl2N3O4. The summed E-state index contributed by atoms with van der Waals surface area (Å²) in [5.74, 6) is -1.25. The van der Waals surface area contributed by atoms with Gasteiger partial charge in [0, 0.05) is 36.1 Å². The molecule has 1 atom stereocenters. The van der Waals surface area contributed by atoms with Crippen molar-refractivity contribution in [1.29, 1.82) is 0 Å². The van der Waals surface area contributed by atoms with Gasteiger partial charge in [0.05, 0.1) is 11.1 Å². The summed E-state index contributed by atoms with van der Waals surface area (Å²) in [6, 6.07) is 10.9. The first-order chi connectivity index (χ1) is 16.2. The summed E-state index contributed by atoms with van der Waals surface area (Å²) in [5, 5.41) is 3.69. The quantitative estimate of drug-likeness (QED) is 0.489. The molecule has 0 saturated heterocycles. The first-order valence-electron chi connectivity index (χ1n) is 11.2. The van der Waals surface area contributed by atoms with Gasteiger partial charge in [-0.15, -0.1) is 0 Å². The van der Waals surface area contributed by atoms with E-state index in [4.69, 9.17) is 23.2 Å². The summed E-state index contributed by atoms with van der Waals surface area (Å²) in [5.41, 5.74) is 1.41. The SMILES string of the molecule is CCCNC(=O)C(C)N(Cc1ccc(Cl)cc1Cl)C(=O)CCCN1C(=O)c2ccccc2C1=O. The second kappa shape index (κ2) is 11.5. The molecule has 4 amide bonds. The predicted octanol–water partition coefficient (Wildman–Crippen LogP) is 4.31. The summed E-state index contributed by atoms with van der Waals surface area (Å²) in [6.07, 6.45) is 1.11. The van der Waals surface area contributed by atoms with Gasteiger partial charge in [0.25, 0.3) is 11.8 Å². The Hall–Kier alpha value is -2.90. The van der Waals surface area contributed by atoms with Crippen molar-refractivity contribution >= 4 is 46.8 Å². The fourth-order valence-electron chi connectivity index (χ4n) is 3.79. The van der Waals surface area contributed by atoms with Crippen LogP contribution in [0.5, 0.6) is 0 Å². The van der Waals surface area contributed by atoms with Crippen molar-refractivity contribution in [1.82, 2.24) is 15.1 Å². The van der Waals surface area contributed by atoms with E-state index in [1.165, 1.54) is 4.90 Å². The van der Waals surface area contributed by atoms with E-state index in [1.54, 1.807) is 49.4 Å². The minimum atomic E-state index is -0.731. The Morgan fingerprint density at radius 1 is 1.06 bits per heavy atom. The van der Waals surface area contributed by atoms with Crippen LogP contribution in [-0.2, 0) is 16.1 Å². The van der Waals surface area contributed by atoms with Gasteiger partial charge < -0.3 is 10.2 Å². The van der Waals surface area contributed by atoms with E-state index < -0.39 is 6.04 Å². The molecule has 180 valence electrons. The number of rotatable bonds is 10. The van der Waals surface area contributed by atoms with Crippen LogP contribution in [0.25, 0.3) is 0 Å². The largest absolute Gasteiger partial charge is 0.354 e. The number of nitrogens with one attached hydrogen (secondary N) is 1. The van der Waals surface area contributed by atoms with E-state index in [-0.39, 0.29) is 49.6 Å². The molecule has 1 unspecified atom stereocenters. The van der Waals surface area contributed by atoms with Crippen LogP contribution in [0.2, 0.25) is 10.0 Å². The summed E-state index contributed by atoms with van der Waals surface area (Å²) in [7, 11) is 0. The second-order valence-electron chi connectivity index (χ2n) is 8.14. The zero-order valence-corrected chi connectivity index (χ0v) is 20.7. The second-order valence-corrected chi connectivity index (χ2v) is 8.98. The van der Waals surface area contributed by atoms with Crippen LogP contribution in [-0.4, -0.2) is 52.6 Å². The smallest absolute Gasteiger partial charge is 0.261 e. The number of nitrogens with zero attached hydrogens (tertiary/aromatic N) is 2. The van der Waals surface area contributed by atoms with Gasteiger partial charge >= 0.3 is 0 Å². The van der Waals surface area contributed by atoms with Gasteiger partial charge in [-0.1, -0.05) is 48.3 Å². The molecule has 3 rings (SSSR count). The van der Waals surface area contributed by atoms with Gasteiger partial charge in [-0.2, -0.15) is 0 Å². The number of hydrogen-bond donors (Lipinski definition) is 1. The van der Waals surface area contributed by atoms with E-state index in [0.717, 1.165) is 11.3 Å². The van der Waals surface area contributed by atoms with Gasteiger partial charge in [-0.25, -0.2) is 0 Å². The minimum Gasteiger partial charge on any atom is -0.354 e. The molecule has 0 fully saturated rings. The fourth-order valence-corrected chi connectivity index (χ4v) is 4.25. The first-order valence-corrected chi connectivity index (χ1v) is 12.0.